The van der Waals surface area contributed by atoms with Gasteiger partial charge in [0.2, 0.25) is 11.0 Å². The van der Waals surface area contributed by atoms with Gasteiger partial charge in [0, 0.05) is 7.05 Å². The molecule has 0 radical (unpaired) electrons. The normalized spacial score (nSPS) is 11.4. The predicted molar refractivity (Wildman–Crippen MR) is 94.7 cm³/mol. The molecule has 8 heteroatoms. The number of sulfonamides is 1. The Morgan fingerprint density at radius 1 is 1.12 bits per heavy atom. The van der Waals surface area contributed by atoms with Crippen molar-refractivity contribution in [1.29, 1.82) is 0 Å². The van der Waals surface area contributed by atoms with E-state index < -0.39 is 15.9 Å². The van der Waals surface area contributed by atoms with Crippen molar-refractivity contribution in [3.05, 3.63) is 54.6 Å². The van der Waals surface area contributed by atoms with Crippen LogP contribution >= 0.6 is 11.3 Å². The van der Waals surface area contributed by atoms with Crippen LogP contribution in [0.2, 0.25) is 0 Å². The lowest BCUT2D eigenvalue weighted by molar-refractivity contribution is -0.119. The molecule has 0 aliphatic rings. The number of nitrogens with one attached hydrogen (secondary N) is 1. The van der Waals surface area contributed by atoms with Crippen LogP contribution in [0.5, 0.6) is 0 Å². The minimum Gasteiger partial charge on any atom is -0.358 e. The number of para-hydroxylation sites is 1. The fourth-order valence-corrected chi connectivity index (χ4v) is 4.72. The molecule has 1 amide bonds. The third-order valence-corrected chi connectivity index (χ3v) is 6.32. The van der Waals surface area contributed by atoms with Crippen molar-refractivity contribution in [2.24, 2.45) is 0 Å². The van der Waals surface area contributed by atoms with Crippen molar-refractivity contribution in [3.8, 4) is 0 Å². The number of benzene rings is 2. The van der Waals surface area contributed by atoms with Crippen molar-refractivity contribution in [1.82, 2.24) is 10.3 Å². The molecule has 1 heterocycles. The average Bonchev–Trinajstić information content (AvgIpc) is 3.03. The summed E-state index contributed by atoms with van der Waals surface area (Å²) in [5.41, 5.74) is 0.697. The molecule has 0 spiro atoms. The van der Waals surface area contributed by atoms with E-state index in [0.29, 0.717) is 5.52 Å². The standard InChI is InChI=1S/C16H15N3O3S2/c1-17-15(20)11-19(24(21,22)12-7-3-2-4-8-12)16-18-13-9-5-6-10-14(13)23-16/h2-10H,11H2,1H3,(H,17,20). The molecule has 0 bridgehead atoms. The summed E-state index contributed by atoms with van der Waals surface area (Å²) < 4.78 is 27.9. The highest BCUT2D eigenvalue weighted by Crippen LogP contribution is 2.31. The number of nitrogens with zero attached hydrogens (tertiary/aromatic N) is 2. The summed E-state index contributed by atoms with van der Waals surface area (Å²) in [6.45, 7) is -0.326. The summed E-state index contributed by atoms with van der Waals surface area (Å²) >= 11 is 1.24. The predicted octanol–water partition coefficient (Wildman–Crippen LogP) is 2.24. The van der Waals surface area contributed by atoms with Crippen LogP contribution in [0.1, 0.15) is 0 Å². The molecule has 0 atom stereocenters. The van der Waals surface area contributed by atoms with Crippen LogP contribution in [0, 0.1) is 0 Å². The number of hydrogen-bond acceptors (Lipinski definition) is 5. The fraction of sp³-hybridized carbons (Fsp3) is 0.125. The Bertz CT molecular complexity index is 935. The quantitative estimate of drug-likeness (QED) is 0.756. The van der Waals surface area contributed by atoms with Crippen molar-refractivity contribution in [2.45, 2.75) is 4.90 Å². The van der Waals surface area contributed by atoms with E-state index in [2.05, 4.69) is 10.3 Å². The van der Waals surface area contributed by atoms with Gasteiger partial charge in [-0.15, -0.1) is 0 Å². The summed E-state index contributed by atoms with van der Waals surface area (Å²) in [5.74, 6) is -0.409. The van der Waals surface area contributed by atoms with Gasteiger partial charge in [-0.3, -0.25) is 4.79 Å². The number of amides is 1. The van der Waals surface area contributed by atoms with Crippen molar-refractivity contribution < 1.29 is 13.2 Å². The van der Waals surface area contributed by atoms with Crippen molar-refractivity contribution >= 4 is 42.6 Å². The molecule has 0 saturated carbocycles. The third kappa shape index (κ3) is 3.10. The molecule has 6 nitrogen and oxygen atoms in total. The third-order valence-electron chi connectivity index (χ3n) is 3.39. The summed E-state index contributed by atoms with van der Waals surface area (Å²) in [4.78, 5) is 16.3. The zero-order valence-electron chi connectivity index (χ0n) is 12.8. The molecule has 1 aromatic heterocycles. The van der Waals surface area contributed by atoms with Gasteiger partial charge < -0.3 is 5.32 Å². The zero-order valence-corrected chi connectivity index (χ0v) is 14.5. The van der Waals surface area contributed by atoms with Crippen LogP contribution < -0.4 is 9.62 Å². The maximum absolute atomic E-state index is 13.0. The van der Waals surface area contributed by atoms with E-state index >= 15 is 0 Å². The first-order valence-corrected chi connectivity index (χ1v) is 9.42. The largest absolute Gasteiger partial charge is 0.358 e. The molecule has 0 aliphatic heterocycles. The molecule has 3 rings (SSSR count). The van der Waals surface area contributed by atoms with Crippen molar-refractivity contribution in [3.63, 3.8) is 0 Å². The van der Waals surface area contributed by atoms with Crippen LogP contribution in [0.25, 0.3) is 10.2 Å². The minimum atomic E-state index is -3.89. The van der Waals surface area contributed by atoms with E-state index in [1.54, 1.807) is 18.2 Å². The second-order valence-corrected chi connectivity index (χ2v) is 7.83. The molecular formula is C16H15N3O3S2. The Balaban J connectivity index is 2.11. The Kier molecular flexibility index (Phi) is 4.50. The number of thiazole rings is 1. The Morgan fingerprint density at radius 2 is 1.79 bits per heavy atom. The van der Waals surface area contributed by atoms with Crippen LogP contribution in [-0.2, 0) is 14.8 Å². The fourth-order valence-electron chi connectivity index (χ4n) is 2.15. The number of aromatic nitrogens is 1. The first kappa shape index (κ1) is 16.4. The molecular weight excluding hydrogens is 346 g/mol. The molecule has 3 aromatic rings. The van der Waals surface area contributed by atoms with Gasteiger partial charge in [-0.2, -0.15) is 0 Å². The number of carbonyl (C=O) groups is 1. The van der Waals surface area contributed by atoms with Gasteiger partial charge in [0.25, 0.3) is 10.0 Å². The molecule has 24 heavy (non-hydrogen) atoms. The van der Waals surface area contributed by atoms with E-state index in [1.807, 2.05) is 24.3 Å². The lowest BCUT2D eigenvalue weighted by atomic mass is 10.3. The lowest BCUT2D eigenvalue weighted by Gasteiger charge is -2.20. The monoisotopic (exact) mass is 361 g/mol. The van der Waals surface area contributed by atoms with Gasteiger partial charge in [0.05, 0.1) is 15.1 Å². The average molecular weight is 361 g/mol. The Labute approximate surface area is 143 Å². The van der Waals surface area contributed by atoms with E-state index in [9.17, 15) is 13.2 Å². The summed E-state index contributed by atoms with van der Waals surface area (Å²) in [5, 5.41) is 2.72. The first-order valence-electron chi connectivity index (χ1n) is 7.16. The number of likely N-dealkylation sites (N-methyl/N-ethyl adjacent to an activating group) is 1. The molecule has 0 fully saturated rings. The number of carbonyl (C=O) groups excluding carboxylic acids is 1. The van der Waals surface area contributed by atoms with Crippen LogP contribution in [0.15, 0.2) is 59.5 Å². The smallest absolute Gasteiger partial charge is 0.266 e. The highest BCUT2D eigenvalue weighted by molar-refractivity contribution is 7.93. The number of anilines is 1. The van der Waals surface area contributed by atoms with E-state index in [0.717, 1.165) is 9.01 Å². The lowest BCUT2D eigenvalue weighted by Crippen LogP contribution is -2.39. The van der Waals surface area contributed by atoms with Gasteiger partial charge in [-0.05, 0) is 24.3 Å². The molecule has 2 aromatic carbocycles. The molecule has 1 N–H and O–H groups in total. The highest BCUT2D eigenvalue weighted by atomic mass is 32.2. The maximum Gasteiger partial charge on any atom is 0.266 e. The van der Waals surface area contributed by atoms with Crippen LogP contribution in [0.4, 0.5) is 5.13 Å². The Morgan fingerprint density at radius 3 is 2.46 bits per heavy atom. The van der Waals surface area contributed by atoms with Gasteiger partial charge >= 0.3 is 0 Å². The highest BCUT2D eigenvalue weighted by Gasteiger charge is 2.29. The number of rotatable bonds is 5. The van der Waals surface area contributed by atoms with Crippen LogP contribution in [0.3, 0.4) is 0 Å². The molecule has 0 saturated heterocycles. The zero-order chi connectivity index (χ0) is 17.2. The summed E-state index contributed by atoms with van der Waals surface area (Å²) in [7, 11) is -2.42. The van der Waals surface area contributed by atoms with E-state index in [-0.39, 0.29) is 16.6 Å². The number of hydrogen-bond donors (Lipinski definition) is 1. The minimum absolute atomic E-state index is 0.119. The summed E-state index contributed by atoms with van der Waals surface area (Å²) in [6.07, 6.45) is 0. The number of fused-ring (bicyclic) bond motifs is 1. The van der Waals surface area contributed by atoms with Gasteiger partial charge in [-0.25, -0.2) is 17.7 Å². The Hall–Kier alpha value is -2.45. The topological polar surface area (TPSA) is 79.4 Å². The second-order valence-electron chi connectivity index (χ2n) is 4.96. The maximum atomic E-state index is 13.0. The van der Waals surface area contributed by atoms with Crippen molar-refractivity contribution in [2.75, 3.05) is 17.9 Å². The van der Waals surface area contributed by atoms with Gasteiger partial charge in [-0.1, -0.05) is 41.7 Å². The molecule has 0 unspecified atom stereocenters. The SMILES string of the molecule is CNC(=O)CN(c1nc2ccccc2s1)S(=O)(=O)c1ccccc1. The second kappa shape index (κ2) is 6.58. The summed E-state index contributed by atoms with van der Waals surface area (Å²) in [6, 6.07) is 15.4. The molecule has 124 valence electrons. The molecule has 0 aliphatic carbocycles. The van der Waals surface area contributed by atoms with E-state index in [4.69, 9.17) is 0 Å². The van der Waals surface area contributed by atoms with Crippen LogP contribution in [-0.4, -0.2) is 32.9 Å². The van der Waals surface area contributed by atoms with Gasteiger partial charge in [0.1, 0.15) is 6.54 Å². The van der Waals surface area contributed by atoms with E-state index in [1.165, 1.54) is 30.5 Å². The van der Waals surface area contributed by atoms with Gasteiger partial charge in [0.15, 0.2) is 0 Å². The first-order chi connectivity index (χ1) is 11.5.